The molecule has 26 heavy (non-hydrogen) atoms. The Morgan fingerprint density at radius 3 is 2.92 bits per heavy atom. The van der Waals surface area contributed by atoms with Gasteiger partial charge in [0.15, 0.2) is 5.96 Å². The monoisotopic (exact) mass is 354 g/mol. The van der Waals surface area contributed by atoms with Gasteiger partial charge in [0.1, 0.15) is 5.82 Å². The summed E-state index contributed by atoms with van der Waals surface area (Å²) < 4.78 is 0. The Bertz CT molecular complexity index is 754. The number of benzene rings is 1. The fourth-order valence-corrected chi connectivity index (χ4v) is 3.10. The number of H-pyrrole nitrogens is 1. The number of aliphatic imine (C=N–C) groups is 1. The zero-order valence-electron chi connectivity index (χ0n) is 15.3. The maximum atomic E-state index is 11.8. The van der Waals surface area contributed by atoms with Crippen molar-refractivity contribution >= 4 is 11.9 Å². The molecule has 3 rings (SSSR count). The largest absolute Gasteiger partial charge is 0.352 e. The van der Waals surface area contributed by atoms with Crippen molar-refractivity contribution in [2.45, 2.75) is 32.4 Å². The summed E-state index contributed by atoms with van der Waals surface area (Å²) >= 11 is 0. The molecule has 7 nitrogen and oxygen atoms in total. The molecule has 0 radical (unpaired) electrons. The highest BCUT2D eigenvalue weighted by atomic mass is 16.2. The quantitative estimate of drug-likeness (QED) is 0.564. The number of amides is 1. The van der Waals surface area contributed by atoms with Crippen LogP contribution >= 0.6 is 0 Å². The molecule has 1 atom stereocenters. The van der Waals surface area contributed by atoms with Crippen molar-refractivity contribution in [2.24, 2.45) is 4.99 Å². The molecule has 0 aliphatic carbocycles. The minimum absolute atomic E-state index is 0.210. The van der Waals surface area contributed by atoms with E-state index in [2.05, 4.69) is 37.7 Å². The molecule has 1 unspecified atom stereocenters. The van der Waals surface area contributed by atoms with E-state index in [-0.39, 0.29) is 11.9 Å². The second-order valence-electron chi connectivity index (χ2n) is 6.36. The fourth-order valence-electron chi connectivity index (χ4n) is 3.10. The maximum absolute atomic E-state index is 11.8. The number of guanidine groups is 1. The molecule has 1 aliphatic rings. The smallest absolute Gasteiger partial charge is 0.222 e. The molecule has 0 saturated carbocycles. The van der Waals surface area contributed by atoms with Crippen LogP contribution in [0.15, 0.2) is 41.5 Å². The number of hydrogen-bond acceptors (Lipinski definition) is 3. The molecule has 3 N–H and O–H groups in total. The van der Waals surface area contributed by atoms with Crippen LogP contribution in [0.2, 0.25) is 0 Å². The van der Waals surface area contributed by atoms with Crippen molar-refractivity contribution < 1.29 is 4.79 Å². The molecule has 0 spiro atoms. The van der Waals surface area contributed by atoms with E-state index in [1.54, 1.807) is 7.05 Å². The van der Waals surface area contributed by atoms with E-state index in [1.165, 1.54) is 0 Å². The molecule has 1 saturated heterocycles. The minimum atomic E-state index is 0.210. The van der Waals surface area contributed by atoms with Crippen molar-refractivity contribution in [2.75, 3.05) is 20.1 Å². The molecule has 2 heterocycles. The van der Waals surface area contributed by atoms with Gasteiger partial charge in [-0.15, -0.1) is 0 Å². The van der Waals surface area contributed by atoms with Crippen molar-refractivity contribution in [1.29, 1.82) is 0 Å². The molecule has 138 valence electrons. The molecule has 1 fully saturated rings. The Morgan fingerprint density at radius 2 is 2.19 bits per heavy atom. The van der Waals surface area contributed by atoms with Crippen LogP contribution in [0.3, 0.4) is 0 Å². The average Bonchev–Trinajstić information content (AvgIpc) is 3.35. The van der Waals surface area contributed by atoms with Gasteiger partial charge in [0.2, 0.25) is 5.91 Å². The third-order valence-electron chi connectivity index (χ3n) is 4.54. The summed E-state index contributed by atoms with van der Waals surface area (Å²) in [5.74, 6) is 1.78. The molecule has 1 aromatic carbocycles. The third-order valence-corrected chi connectivity index (χ3v) is 4.54. The van der Waals surface area contributed by atoms with Gasteiger partial charge >= 0.3 is 0 Å². The number of aromatic nitrogens is 2. The van der Waals surface area contributed by atoms with Gasteiger partial charge in [-0.25, -0.2) is 4.98 Å². The first-order chi connectivity index (χ1) is 12.7. The number of hydrogen-bond donors (Lipinski definition) is 3. The number of rotatable bonds is 5. The predicted molar refractivity (Wildman–Crippen MR) is 103 cm³/mol. The molecule has 1 aromatic heterocycles. The van der Waals surface area contributed by atoms with Gasteiger partial charge in [0.05, 0.1) is 18.4 Å². The maximum Gasteiger partial charge on any atom is 0.222 e. The number of likely N-dealkylation sites (tertiary alicyclic amines) is 1. The molecule has 1 aliphatic heterocycles. The lowest BCUT2D eigenvalue weighted by atomic mass is 10.2. The van der Waals surface area contributed by atoms with E-state index in [1.807, 2.05) is 36.2 Å². The lowest BCUT2D eigenvalue weighted by Gasteiger charge is -2.18. The highest BCUT2D eigenvalue weighted by Crippen LogP contribution is 2.16. The molecular formula is C19H26N6O. The number of carbonyl (C=O) groups excluding carboxylic acids is 1. The minimum Gasteiger partial charge on any atom is -0.352 e. The lowest BCUT2D eigenvalue weighted by Crippen LogP contribution is -2.44. The zero-order chi connectivity index (χ0) is 18.4. The van der Waals surface area contributed by atoms with Crippen molar-refractivity contribution in [3.05, 3.63) is 42.4 Å². The Balaban J connectivity index is 1.51. The van der Waals surface area contributed by atoms with Crippen LogP contribution in [0.1, 0.15) is 25.6 Å². The van der Waals surface area contributed by atoms with E-state index in [4.69, 9.17) is 0 Å². The van der Waals surface area contributed by atoms with E-state index in [9.17, 15) is 4.79 Å². The molecule has 1 amide bonds. The van der Waals surface area contributed by atoms with Crippen molar-refractivity contribution in [3.8, 4) is 11.3 Å². The topological polar surface area (TPSA) is 85.4 Å². The number of nitrogens with zero attached hydrogens (tertiary/aromatic N) is 3. The first kappa shape index (κ1) is 18.0. The van der Waals surface area contributed by atoms with Crippen LogP contribution in [-0.2, 0) is 11.3 Å². The number of imidazole rings is 1. The van der Waals surface area contributed by atoms with Crippen LogP contribution in [-0.4, -0.2) is 52.9 Å². The van der Waals surface area contributed by atoms with Crippen molar-refractivity contribution in [3.63, 3.8) is 0 Å². The highest BCUT2D eigenvalue weighted by Gasteiger charge is 2.25. The van der Waals surface area contributed by atoms with Gasteiger partial charge in [0.25, 0.3) is 0 Å². The van der Waals surface area contributed by atoms with Crippen LogP contribution < -0.4 is 10.6 Å². The first-order valence-electron chi connectivity index (χ1n) is 9.04. The van der Waals surface area contributed by atoms with Gasteiger partial charge < -0.3 is 20.5 Å². The standard InChI is InChI=1S/C19H26N6O/c1-3-18(26)25-10-9-15(13-25)23-19(20-2)22-12-17-21-11-16(24-17)14-7-5-4-6-8-14/h4-8,11,15H,3,9-10,12-13H2,1-2H3,(H,21,24)(H2,20,22,23). The molecular weight excluding hydrogens is 328 g/mol. The predicted octanol–water partition coefficient (Wildman–Crippen LogP) is 1.75. The van der Waals surface area contributed by atoms with Crippen LogP contribution in [0.4, 0.5) is 0 Å². The summed E-state index contributed by atoms with van der Waals surface area (Å²) in [6.07, 6.45) is 3.33. The molecule has 2 aromatic rings. The van der Waals surface area contributed by atoms with E-state index in [0.717, 1.165) is 42.6 Å². The summed E-state index contributed by atoms with van der Waals surface area (Å²) in [4.78, 5) is 25.7. The third kappa shape index (κ3) is 4.41. The fraction of sp³-hybridized carbons (Fsp3) is 0.421. The van der Waals surface area contributed by atoms with Gasteiger partial charge in [-0.1, -0.05) is 37.3 Å². The highest BCUT2D eigenvalue weighted by molar-refractivity contribution is 5.80. The number of aromatic amines is 1. The normalized spacial score (nSPS) is 17.4. The van der Waals surface area contributed by atoms with Crippen molar-refractivity contribution in [1.82, 2.24) is 25.5 Å². The summed E-state index contributed by atoms with van der Waals surface area (Å²) in [6, 6.07) is 10.3. The SMILES string of the molecule is CCC(=O)N1CCC(NC(=NC)NCc2ncc(-c3ccccc3)[nH]2)C1. The second-order valence-corrected chi connectivity index (χ2v) is 6.36. The lowest BCUT2D eigenvalue weighted by molar-refractivity contribution is -0.129. The van der Waals surface area contributed by atoms with Gasteiger partial charge in [-0.3, -0.25) is 9.79 Å². The van der Waals surface area contributed by atoms with Crippen LogP contribution in [0.5, 0.6) is 0 Å². The van der Waals surface area contributed by atoms with Crippen LogP contribution in [0.25, 0.3) is 11.3 Å². The van der Waals surface area contributed by atoms with E-state index < -0.39 is 0 Å². The zero-order valence-corrected chi connectivity index (χ0v) is 15.3. The summed E-state index contributed by atoms with van der Waals surface area (Å²) in [5, 5.41) is 6.66. The molecule has 0 bridgehead atoms. The van der Waals surface area contributed by atoms with Gasteiger partial charge in [-0.05, 0) is 12.0 Å². The molecule has 7 heteroatoms. The number of nitrogens with one attached hydrogen (secondary N) is 3. The Morgan fingerprint density at radius 1 is 1.38 bits per heavy atom. The Kier molecular flexibility index (Phi) is 5.88. The van der Waals surface area contributed by atoms with Gasteiger partial charge in [-0.2, -0.15) is 0 Å². The second kappa shape index (κ2) is 8.51. The summed E-state index contributed by atoms with van der Waals surface area (Å²) in [7, 11) is 1.75. The first-order valence-corrected chi connectivity index (χ1v) is 9.04. The Hall–Kier alpha value is -2.83. The van der Waals surface area contributed by atoms with Crippen LogP contribution in [0, 0.1) is 0 Å². The van der Waals surface area contributed by atoms with Gasteiger partial charge in [0, 0.05) is 32.6 Å². The summed E-state index contributed by atoms with van der Waals surface area (Å²) in [5.41, 5.74) is 2.11. The average molecular weight is 354 g/mol. The Labute approximate surface area is 153 Å². The summed E-state index contributed by atoms with van der Waals surface area (Å²) in [6.45, 7) is 3.99. The van der Waals surface area contributed by atoms with E-state index in [0.29, 0.717) is 13.0 Å². The number of carbonyl (C=O) groups is 1. The van der Waals surface area contributed by atoms with E-state index >= 15 is 0 Å².